The summed E-state index contributed by atoms with van der Waals surface area (Å²) in [6.07, 6.45) is 0.785. The van der Waals surface area contributed by atoms with Crippen molar-refractivity contribution in [1.29, 1.82) is 0 Å². The minimum Gasteiger partial charge on any atom is -0.491 e. The Labute approximate surface area is 166 Å². The fourth-order valence-corrected chi connectivity index (χ4v) is 3.04. The predicted molar refractivity (Wildman–Crippen MR) is 108 cm³/mol. The van der Waals surface area contributed by atoms with Crippen molar-refractivity contribution in [2.24, 2.45) is 11.7 Å². The Morgan fingerprint density at radius 2 is 1.93 bits per heavy atom. The molecule has 3 N–H and O–H groups in total. The minimum atomic E-state index is -0.483. The highest BCUT2D eigenvalue weighted by Gasteiger charge is 2.28. The second-order valence-corrected chi connectivity index (χ2v) is 7.58. The van der Waals surface area contributed by atoms with Crippen LogP contribution in [0.2, 0.25) is 0 Å². The van der Waals surface area contributed by atoms with Crippen LogP contribution >= 0.6 is 0 Å². The molecule has 1 aromatic carbocycles. The van der Waals surface area contributed by atoms with Gasteiger partial charge in [0, 0.05) is 13.7 Å². The van der Waals surface area contributed by atoms with Crippen molar-refractivity contribution in [1.82, 2.24) is 20.3 Å². The van der Waals surface area contributed by atoms with E-state index < -0.39 is 5.54 Å². The van der Waals surface area contributed by atoms with Gasteiger partial charge in [0.2, 0.25) is 0 Å². The molecule has 0 saturated carbocycles. The standard InChI is InChI=1S/C20H31N5O3/c1-14(2)12-20(4,13-21)22-19(26)18-15(3)23-25(24-18)16-6-8-17(9-7-16)28-11-10-27-5/h6-9,14H,10-13,21H2,1-5H3,(H,22,26). The van der Waals surface area contributed by atoms with Gasteiger partial charge in [0.05, 0.1) is 23.5 Å². The van der Waals surface area contributed by atoms with E-state index >= 15 is 0 Å². The van der Waals surface area contributed by atoms with Crippen LogP contribution in [0.5, 0.6) is 5.75 Å². The van der Waals surface area contributed by atoms with Gasteiger partial charge in [0.25, 0.3) is 5.91 Å². The summed E-state index contributed by atoms with van der Waals surface area (Å²) in [4.78, 5) is 14.2. The summed E-state index contributed by atoms with van der Waals surface area (Å²) in [6, 6.07) is 7.34. The van der Waals surface area contributed by atoms with E-state index in [1.54, 1.807) is 14.0 Å². The number of ether oxygens (including phenoxy) is 2. The number of amides is 1. The molecule has 1 amide bonds. The summed E-state index contributed by atoms with van der Waals surface area (Å²) in [7, 11) is 1.63. The number of methoxy groups -OCH3 is 1. The molecule has 8 heteroatoms. The SMILES string of the molecule is COCCOc1ccc(-n2nc(C)c(C(=O)NC(C)(CN)CC(C)C)n2)cc1. The lowest BCUT2D eigenvalue weighted by Crippen LogP contribution is -2.52. The summed E-state index contributed by atoms with van der Waals surface area (Å²) >= 11 is 0. The molecule has 2 aromatic rings. The number of hydrogen-bond donors (Lipinski definition) is 2. The first-order chi connectivity index (χ1) is 13.3. The Morgan fingerprint density at radius 1 is 1.25 bits per heavy atom. The van der Waals surface area contributed by atoms with Crippen LogP contribution in [-0.4, -0.2) is 53.3 Å². The maximum atomic E-state index is 12.8. The molecule has 0 aliphatic rings. The fraction of sp³-hybridized carbons (Fsp3) is 0.550. The van der Waals surface area contributed by atoms with Gasteiger partial charge in [0.15, 0.2) is 5.69 Å². The third-order valence-corrected chi connectivity index (χ3v) is 4.35. The van der Waals surface area contributed by atoms with E-state index in [0.717, 1.165) is 17.9 Å². The molecule has 1 atom stereocenters. The van der Waals surface area contributed by atoms with E-state index in [2.05, 4.69) is 29.4 Å². The summed E-state index contributed by atoms with van der Waals surface area (Å²) in [5, 5.41) is 11.8. The van der Waals surface area contributed by atoms with Crippen LogP contribution in [0.15, 0.2) is 24.3 Å². The topological polar surface area (TPSA) is 104 Å². The average molecular weight is 390 g/mol. The van der Waals surface area contributed by atoms with Gasteiger partial charge >= 0.3 is 0 Å². The maximum Gasteiger partial charge on any atom is 0.274 e. The highest BCUT2D eigenvalue weighted by Crippen LogP contribution is 2.18. The Morgan fingerprint density at radius 3 is 2.50 bits per heavy atom. The van der Waals surface area contributed by atoms with Gasteiger partial charge in [-0.3, -0.25) is 4.79 Å². The van der Waals surface area contributed by atoms with Gasteiger partial charge in [-0.05, 0) is 50.5 Å². The van der Waals surface area contributed by atoms with E-state index in [1.165, 1.54) is 4.80 Å². The zero-order valence-electron chi connectivity index (χ0n) is 17.4. The van der Waals surface area contributed by atoms with Crippen LogP contribution in [0.25, 0.3) is 5.69 Å². The normalized spacial score (nSPS) is 13.4. The summed E-state index contributed by atoms with van der Waals surface area (Å²) in [5.74, 6) is 0.877. The first kappa shape index (κ1) is 21.8. The lowest BCUT2D eigenvalue weighted by Gasteiger charge is -2.30. The van der Waals surface area contributed by atoms with Crippen molar-refractivity contribution >= 4 is 5.91 Å². The Balaban J connectivity index is 2.12. The molecule has 2 rings (SSSR count). The monoisotopic (exact) mass is 389 g/mol. The van der Waals surface area contributed by atoms with Crippen molar-refractivity contribution in [3.8, 4) is 11.4 Å². The number of aryl methyl sites for hydroxylation is 1. The number of nitrogens with two attached hydrogens (primary N) is 1. The third kappa shape index (κ3) is 5.77. The Kier molecular flexibility index (Phi) is 7.53. The zero-order valence-corrected chi connectivity index (χ0v) is 17.4. The zero-order chi connectivity index (χ0) is 20.7. The molecule has 0 aliphatic heterocycles. The van der Waals surface area contributed by atoms with Crippen LogP contribution in [0.4, 0.5) is 0 Å². The van der Waals surface area contributed by atoms with Crippen molar-refractivity contribution in [2.75, 3.05) is 26.9 Å². The van der Waals surface area contributed by atoms with E-state index in [1.807, 2.05) is 31.2 Å². The van der Waals surface area contributed by atoms with Gasteiger partial charge in [-0.1, -0.05) is 13.8 Å². The lowest BCUT2D eigenvalue weighted by molar-refractivity contribution is 0.0892. The minimum absolute atomic E-state index is 0.267. The summed E-state index contributed by atoms with van der Waals surface area (Å²) in [5.41, 5.74) is 7.01. The first-order valence-corrected chi connectivity index (χ1v) is 9.46. The number of nitrogens with zero attached hydrogens (tertiary/aromatic N) is 3. The van der Waals surface area contributed by atoms with Crippen molar-refractivity contribution in [2.45, 2.75) is 39.7 Å². The summed E-state index contributed by atoms with van der Waals surface area (Å²) in [6.45, 7) is 9.28. The third-order valence-electron chi connectivity index (χ3n) is 4.35. The molecule has 0 bridgehead atoms. The highest BCUT2D eigenvalue weighted by atomic mass is 16.5. The number of rotatable bonds is 10. The van der Waals surface area contributed by atoms with Crippen molar-refractivity contribution in [3.05, 3.63) is 35.7 Å². The fourth-order valence-electron chi connectivity index (χ4n) is 3.04. The highest BCUT2D eigenvalue weighted by molar-refractivity contribution is 5.93. The van der Waals surface area contributed by atoms with Crippen molar-refractivity contribution in [3.63, 3.8) is 0 Å². The van der Waals surface area contributed by atoms with Crippen molar-refractivity contribution < 1.29 is 14.3 Å². The molecule has 0 fully saturated rings. The second kappa shape index (κ2) is 9.66. The van der Waals surface area contributed by atoms with Gasteiger partial charge in [-0.25, -0.2) is 0 Å². The average Bonchev–Trinajstić information content (AvgIpc) is 3.03. The number of aromatic nitrogens is 3. The number of carbonyl (C=O) groups is 1. The molecular weight excluding hydrogens is 358 g/mol. The molecule has 28 heavy (non-hydrogen) atoms. The number of nitrogens with one attached hydrogen (secondary N) is 1. The molecule has 8 nitrogen and oxygen atoms in total. The maximum absolute atomic E-state index is 12.8. The number of benzene rings is 1. The molecule has 1 aromatic heterocycles. The van der Waals surface area contributed by atoms with E-state index in [9.17, 15) is 4.79 Å². The molecule has 0 spiro atoms. The van der Waals surface area contributed by atoms with Crippen LogP contribution in [0, 0.1) is 12.8 Å². The van der Waals surface area contributed by atoms with E-state index in [-0.39, 0.29) is 5.91 Å². The van der Waals surface area contributed by atoms with Gasteiger partial charge in [0.1, 0.15) is 12.4 Å². The van der Waals surface area contributed by atoms with Gasteiger partial charge < -0.3 is 20.5 Å². The van der Waals surface area contributed by atoms with Gasteiger partial charge in [-0.2, -0.15) is 9.90 Å². The first-order valence-electron chi connectivity index (χ1n) is 9.46. The quantitative estimate of drug-likeness (QED) is 0.603. The summed E-state index contributed by atoms with van der Waals surface area (Å²) < 4.78 is 10.5. The smallest absolute Gasteiger partial charge is 0.274 e. The lowest BCUT2D eigenvalue weighted by atomic mass is 9.90. The largest absolute Gasteiger partial charge is 0.491 e. The molecule has 1 unspecified atom stereocenters. The Hall–Kier alpha value is -2.45. The molecule has 154 valence electrons. The Bertz CT molecular complexity index is 773. The van der Waals surface area contributed by atoms with Gasteiger partial charge in [-0.15, -0.1) is 5.10 Å². The molecular formula is C20H31N5O3. The predicted octanol–water partition coefficient (Wildman–Crippen LogP) is 2.09. The van der Waals surface area contributed by atoms with Crippen LogP contribution in [0.1, 0.15) is 43.4 Å². The molecule has 0 aliphatic carbocycles. The van der Waals surface area contributed by atoms with Crippen LogP contribution in [-0.2, 0) is 4.74 Å². The molecule has 1 heterocycles. The van der Waals surface area contributed by atoms with Crippen LogP contribution < -0.4 is 15.8 Å². The number of carbonyl (C=O) groups excluding carboxylic acids is 1. The van der Waals surface area contributed by atoms with E-state index in [0.29, 0.717) is 37.1 Å². The molecule has 0 radical (unpaired) electrons. The van der Waals surface area contributed by atoms with Crippen LogP contribution in [0.3, 0.4) is 0 Å². The van der Waals surface area contributed by atoms with E-state index in [4.69, 9.17) is 15.2 Å². The number of hydrogen-bond acceptors (Lipinski definition) is 6. The molecule has 0 saturated heterocycles. The second-order valence-electron chi connectivity index (χ2n) is 7.58.